The molecule has 0 fully saturated rings. The molecule has 11 heteroatoms. The van der Waals surface area contributed by atoms with Gasteiger partial charge in [-0.25, -0.2) is 8.42 Å². The highest BCUT2D eigenvalue weighted by Gasteiger charge is 2.35. The number of anilines is 1. The number of carbonyl (C=O) groups is 2. The van der Waals surface area contributed by atoms with Gasteiger partial charge in [0.2, 0.25) is 11.8 Å². The van der Waals surface area contributed by atoms with Gasteiger partial charge < -0.3 is 10.2 Å². The Labute approximate surface area is 286 Å². The molecule has 0 heterocycles. The highest BCUT2D eigenvalue weighted by Crippen LogP contribution is 2.33. The van der Waals surface area contributed by atoms with Crippen LogP contribution in [0.4, 0.5) is 5.69 Å². The van der Waals surface area contributed by atoms with Crippen LogP contribution in [0.5, 0.6) is 0 Å². The standard InChI is InChI=1S/C35H36Cl3N3O4S/c1-24(2)21-39-35(43)33(19-26-8-5-4-6-9-26)40(22-27-10-7-11-28(36)18-27)34(42)23-41(32-20-29(37)14-17-31(32)38)46(44,45)30-15-12-25(3)13-16-30/h4-18,20,24,33H,19,21-23H2,1-3H3,(H,39,43). The van der Waals surface area contributed by atoms with E-state index in [9.17, 15) is 18.0 Å². The van der Waals surface area contributed by atoms with Crippen molar-refractivity contribution in [1.82, 2.24) is 10.2 Å². The third-order valence-corrected chi connectivity index (χ3v) is 9.83. The molecule has 2 amide bonds. The van der Waals surface area contributed by atoms with Crippen LogP contribution in [0.3, 0.4) is 0 Å². The number of carbonyl (C=O) groups excluding carboxylic acids is 2. The molecular weight excluding hydrogens is 665 g/mol. The SMILES string of the molecule is Cc1ccc(S(=O)(=O)N(CC(=O)N(Cc2cccc(Cl)c2)C(Cc2ccccc2)C(=O)NCC(C)C)c2cc(Cl)ccc2Cl)cc1. The van der Waals surface area contributed by atoms with Gasteiger partial charge in [0.05, 0.1) is 15.6 Å². The summed E-state index contributed by atoms with van der Waals surface area (Å²) < 4.78 is 29.3. The molecule has 7 nitrogen and oxygen atoms in total. The Hall–Kier alpha value is -3.56. The molecule has 4 rings (SSSR count). The van der Waals surface area contributed by atoms with E-state index in [0.29, 0.717) is 17.1 Å². The van der Waals surface area contributed by atoms with Gasteiger partial charge in [0, 0.05) is 29.6 Å². The van der Waals surface area contributed by atoms with E-state index in [0.717, 1.165) is 15.4 Å². The largest absolute Gasteiger partial charge is 0.354 e. The number of benzene rings is 4. The maximum atomic E-state index is 14.5. The lowest BCUT2D eigenvalue weighted by molar-refractivity contribution is -0.140. The normalized spacial score (nSPS) is 12.1. The summed E-state index contributed by atoms with van der Waals surface area (Å²) >= 11 is 19.1. The van der Waals surface area contributed by atoms with E-state index in [1.807, 2.05) is 51.1 Å². The Morgan fingerprint density at radius 2 is 1.46 bits per heavy atom. The van der Waals surface area contributed by atoms with Crippen molar-refractivity contribution in [3.63, 3.8) is 0 Å². The maximum absolute atomic E-state index is 14.5. The van der Waals surface area contributed by atoms with Crippen LogP contribution in [-0.4, -0.2) is 44.3 Å². The molecule has 0 saturated carbocycles. The van der Waals surface area contributed by atoms with Crippen LogP contribution in [0, 0.1) is 12.8 Å². The van der Waals surface area contributed by atoms with Crippen molar-refractivity contribution >= 4 is 62.3 Å². The van der Waals surface area contributed by atoms with E-state index in [4.69, 9.17) is 34.8 Å². The number of hydrogen-bond acceptors (Lipinski definition) is 4. The zero-order valence-electron chi connectivity index (χ0n) is 25.8. The van der Waals surface area contributed by atoms with E-state index >= 15 is 0 Å². The first-order valence-corrected chi connectivity index (χ1v) is 17.3. The van der Waals surface area contributed by atoms with Gasteiger partial charge in [-0.05, 0) is 66.4 Å². The van der Waals surface area contributed by atoms with Crippen LogP contribution in [-0.2, 0) is 32.6 Å². The third kappa shape index (κ3) is 9.26. The van der Waals surface area contributed by atoms with Gasteiger partial charge in [0.1, 0.15) is 12.6 Å². The van der Waals surface area contributed by atoms with Crippen molar-refractivity contribution in [2.45, 2.75) is 44.7 Å². The highest BCUT2D eigenvalue weighted by atomic mass is 35.5. The molecule has 1 N–H and O–H groups in total. The number of amides is 2. The quantitative estimate of drug-likeness (QED) is 0.156. The number of hydrogen-bond donors (Lipinski definition) is 1. The van der Waals surface area contributed by atoms with E-state index in [2.05, 4.69) is 5.32 Å². The summed E-state index contributed by atoms with van der Waals surface area (Å²) in [5, 5.41) is 3.76. The number of halogens is 3. The number of nitrogens with one attached hydrogen (secondary N) is 1. The second-order valence-corrected chi connectivity index (χ2v) is 14.6. The number of rotatable bonds is 13. The van der Waals surface area contributed by atoms with Crippen molar-refractivity contribution in [3.8, 4) is 0 Å². The fourth-order valence-electron chi connectivity index (χ4n) is 4.84. The summed E-state index contributed by atoms with van der Waals surface area (Å²) in [6.07, 6.45) is 0.194. The molecule has 242 valence electrons. The van der Waals surface area contributed by atoms with Gasteiger partial charge in [0.25, 0.3) is 10.0 Å². The molecule has 0 aliphatic rings. The first-order chi connectivity index (χ1) is 21.8. The summed E-state index contributed by atoms with van der Waals surface area (Å²) in [5.41, 5.74) is 2.41. The third-order valence-electron chi connectivity index (χ3n) is 7.26. The van der Waals surface area contributed by atoms with E-state index < -0.39 is 28.5 Å². The van der Waals surface area contributed by atoms with Gasteiger partial charge in [-0.1, -0.05) is 109 Å². The summed E-state index contributed by atoms with van der Waals surface area (Å²) in [4.78, 5) is 29.8. The molecule has 0 aromatic heterocycles. The average molecular weight is 701 g/mol. The number of sulfonamides is 1. The minimum Gasteiger partial charge on any atom is -0.354 e. The maximum Gasteiger partial charge on any atom is 0.264 e. The fourth-order valence-corrected chi connectivity index (χ4v) is 6.91. The van der Waals surface area contributed by atoms with Crippen molar-refractivity contribution in [1.29, 1.82) is 0 Å². The van der Waals surface area contributed by atoms with E-state index in [1.54, 1.807) is 36.4 Å². The van der Waals surface area contributed by atoms with Gasteiger partial charge in [-0.3, -0.25) is 13.9 Å². The van der Waals surface area contributed by atoms with Crippen molar-refractivity contribution < 1.29 is 18.0 Å². The molecule has 4 aromatic rings. The molecule has 0 spiro atoms. The van der Waals surface area contributed by atoms with Gasteiger partial charge in [0.15, 0.2) is 0 Å². The molecular formula is C35H36Cl3N3O4S. The lowest BCUT2D eigenvalue weighted by Gasteiger charge is -2.34. The summed E-state index contributed by atoms with van der Waals surface area (Å²) in [6.45, 7) is 5.53. The predicted octanol–water partition coefficient (Wildman–Crippen LogP) is 7.56. The Morgan fingerprint density at radius 3 is 2.11 bits per heavy atom. The van der Waals surface area contributed by atoms with Crippen LogP contribution in [0.1, 0.15) is 30.5 Å². The zero-order valence-corrected chi connectivity index (χ0v) is 28.9. The lowest BCUT2D eigenvalue weighted by atomic mass is 10.0. The molecule has 0 aliphatic carbocycles. The Balaban J connectivity index is 1.83. The monoisotopic (exact) mass is 699 g/mol. The Bertz CT molecular complexity index is 1770. The molecule has 1 unspecified atom stereocenters. The molecule has 0 saturated heterocycles. The number of nitrogens with zero attached hydrogens (tertiary/aromatic N) is 2. The summed E-state index contributed by atoms with van der Waals surface area (Å²) in [7, 11) is -4.32. The van der Waals surface area contributed by atoms with Crippen LogP contribution in [0.15, 0.2) is 102 Å². The van der Waals surface area contributed by atoms with Crippen LogP contribution in [0.2, 0.25) is 15.1 Å². The Kier molecular flexibility index (Phi) is 12.1. The summed E-state index contributed by atoms with van der Waals surface area (Å²) in [6, 6.07) is 26.1. The molecule has 4 aromatic carbocycles. The van der Waals surface area contributed by atoms with E-state index in [-0.39, 0.29) is 45.4 Å². The smallest absolute Gasteiger partial charge is 0.264 e. The fraction of sp³-hybridized carbons (Fsp3) is 0.257. The zero-order chi connectivity index (χ0) is 33.4. The average Bonchev–Trinajstić information content (AvgIpc) is 3.02. The van der Waals surface area contributed by atoms with Gasteiger partial charge >= 0.3 is 0 Å². The molecule has 0 bridgehead atoms. The van der Waals surface area contributed by atoms with Crippen molar-refractivity contribution in [2.75, 3.05) is 17.4 Å². The number of aryl methyl sites for hydroxylation is 1. The van der Waals surface area contributed by atoms with Crippen molar-refractivity contribution in [3.05, 3.63) is 129 Å². The first-order valence-electron chi connectivity index (χ1n) is 14.7. The lowest BCUT2D eigenvalue weighted by Crippen LogP contribution is -2.53. The molecule has 46 heavy (non-hydrogen) atoms. The molecule has 1 atom stereocenters. The molecule has 0 radical (unpaired) electrons. The van der Waals surface area contributed by atoms with Crippen LogP contribution in [0.25, 0.3) is 0 Å². The highest BCUT2D eigenvalue weighted by molar-refractivity contribution is 7.92. The molecule has 0 aliphatic heterocycles. The van der Waals surface area contributed by atoms with Gasteiger partial charge in [-0.2, -0.15) is 0 Å². The van der Waals surface area contributed by atoms with Gasteiger partial charge in [-0.15, -0.1) is 0 Å². The van der Waals surface area contributed by atoms with Crippen LogP contribution < -0.4 is 9.62 Å². The second-order valence-electron chi connectivity index (χ2n) is 11.4. The Morgan fingerprint density at radius 1 is 0.804 bits per heavy atom. The minimum atomic E-state index is -4.32. The van der Waals surface area contributed by atoms with Crippen molar-refractivity contribution in [2.24, 2.45) is 5.92 Å². The summed E-state index contributed by atoms with van der Waals surface area (Å²) in [5.74, 6) is -0.812. The predicted molar refractivity (Wildman–Crippen MR) is 186 cm³/mol. The topological polar surface area (TPSA) is 86.8 Å². The van der Waals surface area contributed by atoms with Crippen LogP contribution >= 0.6 is 34.8 Å². The minimum absolute atomic E-state index is 0.00626. The second kappa shape index (κ2) is 15.8. The first kappa shape index (κ1) is 35.3. The van der Waals surface area contributed by atoms with E-state index in [1.165, 1.54) is 35.2 Å².